The zero-order valence-electron chi connectivity index (χ0n) is 12.5. The number of aryl methyl sites for hydroxylation is 2. The largest absolute Gasteiger partial charge is 0.393 e. The summed E-state index contributed by atoms with van der Waals surface area (Å²) in [7, 11) is 2.23. The van der Waals surface area contributed by atoms with E-state index in [4.69, 9.17) is 0 Å². The molecule has 0 saturated heterocycles. The second-order valence-electron chi connectivity index (χ2n) is 6.12. The van der Waals surface area contributed by atoms with Crippen LogP contribution in [0, 0.1) is 13.8 Å². The molecule has 2 heteroatoms. The van der Waals surface area contributed by atoms with Crippen molar-refractivity contribution >= 4 is 0 Å². The molecular weight excluding hydrogens is 234 g/mol. The SMILES string of the molecule is Cc1ccc(CCN(C)C2CCC(O)CC2)c(C)c1. The van der Waals surface area contributed by atoms with Crippen LogP contribution in [-0.2, 0) is 6.42 Å². The molecule has 0 radical (unpaired) electrons. The molecule has 0 aromatic heterocycles. The fraction of sp³-hybridized carbons (Fsp3) is 0.647. The van der Waals surface area contributed by atoms with Gasteiger partial charge in [-0.3, -0.25) is 0 Å². The van der Waals surface area contributed by atoms with Gasteiger partial charge in [0.05, 0.1) is 6.10 Å². The minimum Gasteiger partial charge on any atom is -0.393 e. The van der Waals surface area contributed by atoms with Crippen molar-refractivity contribution in [2.75, 3.05) is 13.6 Å². The Balaban J connectivity index is 1.84. The average Bonchev–Trinajstić information content (AvgIpc) is 2.38. The van der Waals surface area contributed by atoms with E-state index in [2.05, 4.69) is 44.0 Å². The maximum absolute atomic E-state index is 9.56. The van der Waals surface area contributed by atoms with Crippen LogP contribution in [0.5, 0.6) is 0 Å². The lowest BCUT2D eigenvalue weighted by atomic mass is 9.92. The second kappa shape index (κ2) is 6.53. The predicted octanol–water partition coefficient (Wildman–Crippen LogP) is 3.08. The molecule has 0 aliphatic heterocycles. The predicted molar refractivity (Wildman–Crippen MR) is 80.5 cm³/mol. The topological polar surface area (TPSA) is 23.5 Å². The summed E-state index contributed by atoms with van der Waals surface area (Å²) >= 11 is 0. The van der Waals surface area contributed by atoms with Crippen molar-refractivity contribution in [1.29, 1.82) is 0 Å². The molecule has 19 heavy (non-hydrogen) atoms. The Morgan fingerprint density at radius 3 is 2.47 bits per heavy atom. The van der Waals surface area contributed by atoms with Gasteiger partial charge in [-0.2, -0.15) is 0 Å². The number of nitrogens with zero attached hydrogens (tertiary/aromatic N) is 1. The lowest BCUT2D eigenvalue weighted by molar-refractivity contribution is 0.0847. The molecule has 1 fully saturated rings. The highest BCUT2D eigenvalue weighted by Gasteiger charge is 2.22. The molecule has 106 valence electrons. The summed E-state index contributed by atoms with van der Waals surface area (Å²) in [5.74, 6) is 0. The van der Waals surface area contributed by atoms with Crippen LogP contribution in [0.15, 0.2) is 18.2 Å². The fourth-order valence-corrected chi connectivity index (χ4v) is 3.10. The Kier molecular flexibility index (Phi) is 5.00. The number of hydrogen-bond donors (Lipinski definition) is 1. The molecular formula is C17H27NO. The van der Waals surface area contributed by atoms with E-state index in [9.17, 15) is 5.11 Å². The molecule has 0 unspecified atom stereocenters. The Morgan fingerprint density at radius 1 is 1.16 bits per heavy atom. The van der Waals surface area contributed by atoms with Gasteiger partial charge in [-0.05, 0) is 64.1 Å². The number of likely N-dealkylation sites (N-methyl/N-ethyl adjacent to an activating group) is 1. The lowest BCUT2D eigenvalue weighted by Crippen LogP contribution is -2.37. The summed E-state index contributed by atoms with van der Waals surface area (Å²) in [6, 6.07) is 7.41. The Hall–Kier alpha value is -0.860. The van der Waals surface area contributed by atoms with Gasteiger partial charge in [0.2, 0.25) is 0 Å². The van der Waals surface area contributed by atoms with Gasteiger partial charge in [0, 0.05) is 12.6 Å². The van der Waals surface area contributed by atoms with Crippen molar-refractivity contribution in [3.8, 4) is 0 Å². The minimum atomic E-state index is -0.0519. The summed E-state index contributed by atoms with van der Waals surface area (Å²) in [5.41, 5.74) is 4.22. The van der Waals surface area contributed by atoms with Crippen molar-refractivity contribution in [2.24, 2.45) is 0 Å². The molecule has 0 amide bonds. The third-order valence-corrected chi connectivity index (χ3v) is 4.52. The van der Waals surface area contributed by atoms with E-state index in [1.54, 1.807) is 0 Å². The fourth-order valence-electron chi connectivity index (χ4n) is 3.10. The molecule has 2 rings (SSSR count). The maximum atomic E-state index is 9.56. The van der Waals surface area contributed by atoms with Gasteiger partial charge in [0.25, 0.3) is 0 Å². The van der Waals surface area contributed by atoms with Crippen LogP contribution in [0.2, 0.25) is 0 Å². The molecule has 1 aliphatic rings. The highest BCUT2D eigenvalue weighted by Crippen LogP contribution is 2.22. The monoisotopic (exact) mass is 261 g/mol. The molecule has 1 aromatic rings. The van der Waals surface area contributed by atoms with Gasteiger partial charge < -0.3 is 10.0 Å². The van der Waals surface area contributed by atoms with E-state index >= 15 is 0 Å². The van der Waals surface area contributed by atoms with Crippen molar-refractivity contribution in [1.82, 2.24) is 4.90 Å². The van der Waals surface area contributed by atoms with Crippen LogP contribution in [0.3, 0.4) is 0 Å². The van der Waals surface area contributed by atoms with Crippen LogP contribution in [-0.4, -0.2) is 35.7 Å². The van der Waals surface area contributed by atoms with E-state index < -0.39 is 0 Å². The van der Waals surface area contributed by atoms with Crippen LogP contribution in [0.25, 0.3) is 0 Å². The Bertz CT molecular complexity index is 408. The average molecular weight is 261 g/mol. The highest BCUT2D eigenvalue weighted by atomic mass is 16.3. The molecule has 1 saturated carbocycles. The number of rotatable bonds is 4. The van der Waals surface area contributed by atoms with Crippen molar-refractivity contribution in [3.63, 3.8) is 0 Å². The first kappa shape index (κ1) is 14.5. The van der Waals surface area contributed by atoms with Crippen molar-refractivity contribution in [3.05, 3.63) is 34.9 Å². The third-order valence-electron chi connectivity index (χ3n) is 4.52. The van der Waals surface area contributed by atoms with E-state index in [0.717, 1.165) is 38.6 Å². The molecule has 1 N–H and O–H groups in total. The normalized spacial score (nSPS) is 23.8. The maximum Gasteiger partial charge on any atom is 0.0541 e. The number of benzene rings is 1. The van der Waals surface area contributed by atoms with E-state index in [1.807, 2.05) is 0 Å². The van der Waals surface area contributed by atoms with Gasteiger partial charge in [-0.15, -0.1) is 0 Å². The zero-order chi connectivity index (χ0) is 13.8. The van der Waals surface area contributed by atoms with E-state index in [1.165, 1.54) is 16.7 Å². The van der Waals surface area contributed by atoms with Crippen molar-refractivity contribution in [2.45, 2.75) is 58.1 Å². The van der Waals surface area contributed by atoms with Crippen molar-refractivity contribution < 1.29 is 5.11 Å². The molecule has 1 aromatic carbocycles. The van der Waals surface area contributed by atoms with E-state index in [-0.39, 0.29) is 6.10 Å². The first-order valence-corrected chi connectivity index (χ1v) is 7.50. The van der Waals surface area contributed by atoms with Gasteiger partial charge in [-0.25, -0.2) is 0 Å². The van der Waals surface area contributed by atoms with Gasteiger partial charge in [0.1, 0.15) is 0 Å². The van der Waals surface area contributed by atoms with Crippen LogP contribution in [0.1, 0.15) is 42.4 Å². The summed E-state index contributed by atoms with van der Waals surface area (Å²) < 4.78 is 0. The van der Waals surface area contributed by atoms with Crippen LogP contribution >= 0.6 is 0 Å². The molecule has 2 nitrogen and oxygen atoms in total. The molecule has 1 aliphatic carbocycles. The second-order valence-corrected chi connectivity index (χ2v) is 6.12. The molecule has 0 atom stereocenters. The smallest absolute Gasteiger partial charge is 0.0541 e. The number of aliphatic hydroxyl groups is 1. The standard InChI is InChI=1S/C17H27NO/c1-13-4-5-15(14(2)12-13)10-11-18(3)16-6-8-17(19)9-7-16/h4-5,12,16-17,19H,6-11H2,1-3H3. The van der Waals surface area contributed by atoms with Crippen LogP contribution in [0.4, 0.5) is 0 Å². The minimum absolute atomic E-state index is 0.0519. The van der Waals surface area contributed by atoms with Gasteiger partial charge in [0.15, 0.2) is 0 Å². The third kappa shape index (κ3) is 4.05. The summed E-state index contributed by atoms with van der Waals surface area (Å²) in [6.45, 7) is 5.47. The molecule has 0 spiro atoms. The molecule has 0 bridgehead atoms. The summed E-state index contributed by atoms with van der Waals surface area (Å²) in [4.78, 5) is 2.48. The quantitative estimate of drug-likeness (QED) is 0.900. The first-order chi connectivity index (χ1) is 9.06. The number of hydrogen-bond acceptors (Lipinski definition) is 2. The van der Waals surface area contributed by atoms with Gasteiger partial charge >= 0.3 is 0 Å². The zero-order valence-corrected chi connectivity index (χ0v) is 12.5. The molecule has 0 heterocycles. The van der Waals surface area contributed by atoms with E-state index in [0.29, 0.717) is 6.04 Å². The Labute approximate surface area is 117 Å². The Morgan fingerprint density at radius 2 is 1.84 bits per heavy atom. The highest BCUT2D eigenvalue weighted by molar-refractivity contribution is 5.30. The summed E-state index contributed by atoms with van der Waals surface area (Å²) in [5, 5.41) is 9.56. The van der Waals surface area contributed by atoms with Gasteiger partial charge in [-0.1, -0.05) is 23.8 Å². The first-order valence-electron chi connectivity index (χ1n) is 7.50. The lowest BCUT2D eigenvalue weighted by Gasteiger charge is -2.33. The van der Waals surface area contributed by atoms with Crippen LogP contribution < -0.4 is 0 Å². The number of aliphatic hydroxyl groups excluding tert-OH is 1. The summed E-state index contributed by atoms with van der Waals surface area (Å²) in [6.07, 6.45) is 5.30.